The van der Waals surface area contributed by atoms with E-state index < -0.39 is 0 Å². The number of nitrogens with zero attached hydrogens (tertiary/aromatic N) is 2. The van der Waals surface area contributed by atoms with Crippen molar-refractivity contribution in [2.45, 2.75) is 32.4 Å². The Kier molecular flexibility index (Phi) is 5.00. The summed E-state index contributed by atoms with van der Waals surface area (Å²) >= 11 is 6.23. The second-order valence-electron chi connectivity index (χ2n) is 4.62. The van der Waals surface area contributed by atoms with E-state index >= 15 is 0 Å². The van der Waals surface area contributed by atoms with Gasteiger partial charge in [-0.3, -0.25) is 0 Å². The van der Waals surface area contributed by atoms with Gasteiger partial charge in [-0.15, -0.1) is 0 Å². The molecule has 1 aromatic heterocycles. The van der Waals surface area contributed by atoms with E-state index in [9.17, 15) is 0 Å². The quantitative estimate of drug-likeness (QED) is 0.876. The molecular weight excluding hydrogens is 258 g/mol. The number of aryl methyl sites for hydroxylation is 1. The van der Waals surface area contributed by atoms with Crippen molar-refractivity contribution < 1.29 is 0 Å². The van der Waals surface area contributed by atoms with Gasteiger partial charge in [-0.2, -0.15) is 0 Å². The van der Waals surface area contributed by atoms with Crippen LogP contribution in [0.2, 0.25) is 5.02 Å². The summed E-state index contributed by atoms with van der Waals surface area (Å²) in [5.41, 5.74) is 1.15. The third-order valence-corrected chi connectivity index (χ3v) is 3.62. The molecule has 1 aromatic carbocycles. The minimum atomic E-state index is 0.182. The minimum absolute atomic E-state index is 0.182. The number of benzene rings is 1. The number of hydrogen-bond acceptors (Lipinski definition) is 2. The van der Waals surface area contributed by atoms with Crippen LogP contribution in [0, 0.1) is 0 Å². The van der Waals surface area contributed by atoms with Crippen molar-refractivity contribution in [1.29, 1.82) is 0 Å². The van der Waals surface area contributed by atoms with Gasteiger partial charge in [-0.05, 0) is 31.5 Å². The number of nitrogens with one attached hydrogen (secondary N) is 1. The molecule has 102 valence electrons. The maximum atomic E-state index is 6.23. The van der Waals surface area contributed by atoms with Crippen LogP contribution >= 0.6 is 11.6 Å². The van der Waals surface area contributed by atoms with Gasteiger partial charge in [0, 0.05) is 24.0 Å². The second-order valence-corrected chi connectivity index (χ2v) is 5.02. The van der Waals surface area contributed by atoms with Crippen LogP contribution in [0.5, 0.6) is 0 Å². The van der Waals surface area contributed by atoms with E-state index in [1.54, 1.807) is 0 Å². The molecule has 1 atom stereocenters. The Morgan fingerprint density at radius 1 is 1.37 bits per heavy atom. The number of halogens is 1. The van der Waals surface area contributed by atoms with Gasteiger partial charge in [-0.1, -0.05) is 36.7 Å². The van der Waals surface area contributed by atoms with Crippen molar-refractivity contribution in [3.63, 3.8) is 0 Å². The molecule has 2 aromatic rings. The molecule has 0 aliphatic carbocycles. The second kappa shape index (κ2) is 6.73. The lowest BCUT2D eigenvalue weighted by atomic mass is 10.1. The summed E-state index contributed by atoms with van der Waals surface area (Å²) in [5, 5.41) is 4.15. The molecule has 0 fully saturated rings. The molecule has 1 heterocycles. The van der Waals surface area contributed by atoms with Gasteiger partial charge in [0.05, 0.1) is 6.04 Å². The molecule has 0 saturated carbocycles. The van der Waals surface area contributed by atoms with Crippen LogP contribution in [0.3, 0.4) is 0 Å². The molecule has 0 amide bonds. The van der Waals surface area contributed by atoms with Crippen molar-refractivity contribution in [2.75, 3.05) is 7.05 Å². The van der Waals surface area contributed by atoms with E-state index in [2.05, 4.69) is 27.9 Å². The third-order valence-electron chi connectivity index (χ3n) is 3.25. The monoisotopic (exact) mass is 277 g/mol. The summed E-state index contributed by atoms with van der Waals surface area (Å²) in [5.74, 6) is 1.07. The summed E-state index contributed by atoms with van der Waals surface area (Å²) < 4.78 is 2.21. The predicted octanol–water partition coefficient (Wildman–Crippen LogP) is 3.45. The molecule has 0 saturated heterocycles. The van der Waals surface area contributed by atoms with E-state index in [0.29, 0.717) is 0 Å². The first-order chi connectivity index (χ1) is 9.26. The van der Waals surface area contributed by atoms with Gasteiger partial charge in [0.25, 0.3) is 0 Å². The molecule has 19 heavy (non-hydrogen) atoms. The van der Waals surface area contributed by atoms with Gasteiger partial charge < -0.3 is 9.88 Å². The number of hydrogen-bond donors (Lipinski definition) is 1. The Morgan fingerprint density at radius 3 is 2.84 bits per heavy atom. The Bertz CT molecular complexity index is 522. The topological polar surface area (TPSA) is 29.9 Å². The molecule has 2 rings (SSSR count). The fourth-order valence-electron chi connectivity index (χ4n) is 2.27. The van der Waals surface area contributed by atoms with Crippen LogP contribution in [-0.2, 0) is 13.0 Å². The Hall–Kier alpha value is -1.32. The molecule has 0 aliphatic rings. The predicted molar refractivity (Wildman–Crippen MR) is 79.5 cm³/mol. The highest BCUT2D eigenvalue weighted by Crippen LogP contribution is 2.22. The summed E-state index contributed by atoms with van der Waals surface area (Å²) in [6.07, 6.45) is 5.85. The van der Waals surface area contributed by atoms with E-state index in [1.165, 1.54) is 0 Å². The molecule has 0 radical (unpaired) electrons. The molecule has 1 unspecified atom stereocenters. The summed E-state index contributed by atoms with van der Waals surface area (Å²) in [6, 6.07) is 8.16. The van der Waals surface area contributed by atoms with Crippen molar-refractivity contribution in [1.82, 2.24) is 14.9 Å². The van der Waals surface area contributed by atoms with Crippen LogP contribution in [-0.4, -0.2) is 16.6 Å². The summed E-state index contributed by atoms with van der Waals surface area (Å²) in [7, 11) is 1.96. The molecule has 4 heteroatoms. The maximum absolute atomic E-state index is 6.23. The van der Waals surface area contributed by atoms with Crippen LogP contribution in [0.1, 0.15) is 30.8 Å². The van der Waals surface area contributed by atoms with Crippen LogP contribution in [0.15, 0.2) is 36.7 Å². The maximum Gasteiger partial charge on any atom is 0.126 e. The highest BCUT2D eigenvalue weighted by atomic mass is 35.5. The smallest absolute Gasteiger partial charge is 0.126 e. The standard InChI is InChI=1S/C15H20ClN3/c1-3-9-19-10-8-18-15(19)14(17-2)11-12-6-4-5-7-13(12)16/h4-8,10,14,17H,3,9,11H2,1-2H3. The van der Waals surface area contributed by atoms with Crippen LogP contribution in [0.25, 0.3) is 0 Å². The van der Waals surface area contributed by atoms with Crippen molar-refractivity contribution >= 4 is 11.6 Å². The zero-order chi connectivity index (χ0) is 13.7. The fraction of sp³-hybridized carbons (Fsp3) is 0.400. The van der Waals surface area contributed by atoms with Gasteiger partial charge in [0.2, 0.25) is 0 Å². The first kappa shape index (κ1) is 14.1. The molecule has 0 aliphatic heterocycles. The SMILES string of the molecule is CCCn1ccnc1C(Cc1ccccc1Cl)NC. The average molecular weight is 278 g/mol. The molecule has 0 bridgehead atoms. The molecular formula is C15H20ClN3. The zero-order valence-corrected chi connectivity index (χ0v) is 12.2. The number of imidazole rings is 1. The number of likely N-dealkylation sites (N-methyl/N-ethyl adjacent to an activating group) is 1. The number of aromatic nitrogens is 2. The van der Waals surface area contributed by atoms with Crippen molar-refractivity contribution in [3.8, 4) is 0 Å². The lowest BCUT2D eigenvalue weighted by molar-refractivity contribution is 0.512. The first-order valence-electron chi connectivity index (χ1n) is 6.68. The van der Waals surface area contributed by atoms with E-state index in [0.717, 1.165) is 35.8 Å². The van der Waals surface area contributed by atoms with Gasteiger partial charge >= 0.3 is 0 Å². The van der Waals surface area contributed by atoms with E-state index in [-0.39, 0.29) is 6.04 Å². The zero-order valence-electron chi connectivity index (χ0n) is 11.4. The fourth-order valence-corrected chi connectivity index (χ4v) is 2.48. The van der Waals surface area contributed by atoms with E-state index in [1.807, 2.05) is 37.6 Å². The van der Waals surface area contributed by atoms with Gasteiger partial charge in [-0.25, -0.2) is 4.98 Å². The third kappa shape index (κ3) is 3.37. The van der Waals surface area contributed by atoms with Gasteiger partial charge in [0.1, 0.15) is 5.82 Å². The van der Waals surface area contributed by atoms with Crippen molar-refractivity contribution in [3.05, 3.63) is 53.1 Å². The van der Waals surface area contributed by atoms with E-state index in [4.69, 9.17) is 11.6 Å². The van der Waals surface area contributed by atoms with Crippen LogP contribution < -0.4 is 5.32 Å². The van der Waals surface area contributed by atoms with Crippen molar-refractivity contribution in [2.24, 2.45) is 0 Å². The highest BCUT2D eigenvalue weighted by Gasteiger charge is 2.16. The summed E-state index contributed by atoms with van der Waals surface area (Å²) in [4.78, 5) is 4.49. The average Bonchev–Trinajstić information content (AvgIpc) is 2.86. The summed E-state index contributed by atoms with van der Waals surface area (Å²) in [6.45, 7) is 3.17. The normalized spacial score (nSPS) is 12.6. The molecule has 0 spiro atoms. The van der Waals surface area contributed by atoms with Gasteiger partial charge in [0.15, 0.2) is 0 Å². The molecule has 3 nitrogen and oxygen atoms in total. The first-order valence-corrected chi connectivity index (χ1v) is 7.05. The Morgan fingerprint density at radius 2 is 2.16 bits per heavy atom. The lowest BCUT2D eigenvalue weighted by Crippen LogP contribution is -2.23. The van der Waals surface area contributed by atoms with Crippen LogP contribution in [0.4, 0.5) is 0 Å². The largest absolute Gasteiger partial charge is 0.334 e. The minimum Gasteiger partial charge on any atom is -0.334 e. The highest BCUT2D eigenvalue weighted by molar-refractivity contribution is 6.31. The Balaban J connectivity index is 2.20. The lowest BCUT2D eigenvalue weighted by Gasteiger charge is -2.18. The number of rotatable bonds is 6. The molecule has 1 N–H and O–H groups in total. The Labute approximate surface area is 119 Å².